The molecule has 1 N–H and O–H groups in total. The molecule has 0 aliphatic carbocycles. The molecule has 0 bridgehead atoms. The molecule has 0 saturated carbocycles. The van der Waals surface area contributed by atoms with E-state index >= 15 is 0 Å². The summed E-state index contributed by atoms with van der Waals surface area (Å²) in [5.41, 5.74) is 4.61. The van der Waals surface area contributed by atoms with Crippen LogP contribution in [0.4, 0.5) is 5.95 Å². The zero-order valence-corrected chi connectivity index (χ0v) is 14.2. The van der Waals surface area contributed by atoms with Gasteiger partial charge < -0.3 is 5.32 Å². The summed E-state index contributed by atoms with van der Waals surface area (Å²) in [5.74, 6) is 0.757. The van der Waals surface area contributed by atoms with Crippen LogP contribution in [-0.4, -0.2) is 14.8 Å². The second kappa shape index (κ2) is 5.66. The van der Waals surface area contributed by atoms with Crippen LogP contribution in [0.5, 0.6) is 0 Å². The van der Waals surface area contributed by atoms with Crippen LogP contribution in [0.15, 0.2) is 65.4 Å². The highest BCUT2D eigenvalue weighted by molar-refractivity contribution is 9.10. The van der Waals surface area contributed by atoms with Crippen molar-refractivity contribution < 1.29 is 0 Å². The van der Waals surface area contributed by atoms with Gasteiger partial charge in [-0.1, -0.05) is 57.9 Å². The maximum Gasteiger partial charge on any atom is 0.226 e. The second-order valence-corrected chi connectivity index (χ2v) is 6.52. The molecule has 114 valence electrons. The number of rotatable bonds is 2. The molecular formula is C18H15BrN4. The first-order valence-electron chi connectivity index (χ1n) is 7.41. The maximum atomic E-state index is 4.37. The van der Waals surface area contributed by atoms with E-state index in [4.69, 9.17) is 0 Å². The van der Waals surface area contributed by atoms with Crippen LogP contribution in [0, 0.1) is 6.92 Å². The normalized spacial score (nSPS) is 16.4. The van der Waals surface area contributed by atoms with Crippen LogP contribution < -0.4 is 5.32 Å². The molecule has 0 radical (unpaired) electrons. The third-order valence-corrected chi connectivity index (χ3v) is 4.45. The Morgan fingerprint density at radius 3 is 2.74 bits per heavy atom. The van der Waals surface area contributed by atoms with Crippen LogP contribution in [0.3, 0.4) is 0 Å². The smallest absolute Gasteiger partial charge is 0.226 e. The van der Waals surface area contributed by atoms with Crippen LogP contribution in [-0.2, 0) is 0 Å². The first-order valence-corrected chi connectivity index (χ1v) is 8.21. The summed E-state index contributed by atoms with van der Waals surface area (Å²) < 4.78 is 2.96. The molecular weight excluding hydrogens is 352 g/mol. The van der Waals surface area contributed by atoms with Crippen molar-refractivity contribution in [3.05, 3.63) is 82.1 Å². The van der Waals surface area contributed by atoms with E-state index in [2.05, 4.69) is 80.7 Å². The van der Waals surface area contributed by atoms with Crippen LogP contribution >= 0.6 is 15.9 Å². The zero-order chi connectivity index (χ0) is 15.8. The van der Waals surface area contributed by atoms with Crippen molar-refractivity contribution in [2.75, 3.05) is 5.32 Å². The Kier molecular flexibility index (Phi) is 3.50. The average Bonchev–Trinajstić information content (AvgIpc) is 3.03. The van der Waals surface area contributed by atoms with Crippen molar-refractivity contribution in [1.82, 2.24) is 14.8 Å². The van der Waals surface area contributed by atoms with Gasteiger partial charge in [0.05, 0.1) is 0 Å². The first-order chi connectivity index (χ1) is 11.2. The third-order valence-electron chi connectivity index (χ3n) is 3.96. The third kappa shape index (κ3) is 2.68. The van der Waals surface area contributed by atoms with Crippen molar-refractivity contribution >= 4 is 27.6 Å². The highest BCUT2D eigenvalue weighted by Gasteiger charge is 2.23. The second-order valence-electron chi connectivity index (χ2n) is 5.60. The number of hydrogen-bond donors (Lipinski definition) is 1. The molecule has 0 spiro atoms. The average molecular weight is 367 g/mol. The van der Waals surface area contributed by atoms with E-state index in [1.165, 1.54) is 5.56 Å². The van der Waals surface area contributed by atoms with Gasteiger partial charge in [-0.3, -0.25) is 0 Å². The lowest BCUT2D eigenvalue weighted by atomic mass is 10.0. The summed E-state index contributed by atoms with van der Waals surface area (Å²) in [5, 5.41) is 7.74. The fraction of sp³-hybridized carbons (Fsp3) is 0.111. The van der Waals surface area contributed by atoms with Crippen molar-refractivity contribution in [2.45, 2.75) is 13.0 Å². The molecule has 1 aromatic heterocycles. The molecule has 1 aliphatic heterocycles. The zero-order valence-electron chi connectivity index (χ0n) is 12.6. The minimum Gasteiger partial charge on any atom is -0.324 e. The Balaban J connectivity index is 1.81. The number of fused-ring (bicyclic) bond motifs is 1. The van der Waals surface area contributed by atoms with E-state index in [1.807, 2.05) is 16.8 Å². The standard InChI is InChI=1S/C18H15BrN4/c1-12-5-7-13(8-6-12)16-10-17(14-3-2-4-15(19)9-14)23-18(22-16)20-11-21-23/h2-11,17H,1H3,(H,20,21,22)/t17-/m1/s1. The molecule has 0 saturated heterocycles. The van der Waals surface area contributed by atoms with Gasteiger partial charge in [0.2, 0.25) is 5.95 Å². The van der Waals surface area contributed by atoms with Gasteiger partial charge in [0.25, 0.3) is 0 Å². The quantitative estimate of drug-likeness (QED) is 0.730. The predicted molar refractivity (Wildman–Crippen MR) is 95.1 cm³/mol. The van der Waals surface area contributed by atoms with E-state index in [-0.39, 0.29) is 6.04 Å². The number of aromatic nitrogens is 3. The molecule has 0 fully saturated rings. The largest absolute Gasteiger partial charge is 0.324 e. The Hall–Kier alpha value is -2.40. The van der Waals surface area contributed by atoms with Crippen LogP contribution in [0.1, 0.15) is 22.7 Å². The molecule has 23 heavy (non-hydrogen) atoms. The summed E-state index contributed by atoms with van der Waals surface area (Å²) >= 11 is 3.55. The summed E-state index contributed by atoms with van der Waals surface area (Å²) in [4.78, 5) is 4.34. The number of aryl methyl sites for hydroxylation is 1. The minimum atomic E-state index is 0.0163. The topological polar surface area (TPSA) is 42.7 Å². The first kappa shape index (κ1) is 14.2. The Morgan fingerprint density at radius 2 is 1.96 bits per heavy atom. The van der Waals surface area contributed by atoms with Crippen molar-refractivity contribution in [1.29, 1.82) is 0 Å². The highest BCUT2D eigenvalue weighted by atomic mass is 79.9. The SMILES string of the molecule is Cc1ccc(C2=C[C@H](c3cccc(Br)c3)n3ncnc3N2)cc1. The number of anilines is 1. The molecule has 2 aromatic carbocycles. The number of nitrogens with zero attached hydrogens (tertiary/aromatic N) is 3. The lowest BCUT2D eigenvalue weighted by Crippen LogP contribution is -2.20. The van der Waals surface area contributed by atoms with E-state index in [1.54, 1.807) is 6.33 Å². The number of halogens is 1. The summed E-state index contributed by atoms with van der Waals surface area (Å²) in [6, 6.07) is 16.8. The van der Waals surface area contributed by atoms with Crippen LogP contribution in [0.25, 0.3) is 5.70 Å². The van der Waals surface area contributed by atoms with Gasteiger partial charge in [-0.25, -0.2) is 4.68 Å². The Bertz CT molecular complexity index is 880. The lowest BCUT2D eigenvalue weighted by Gasteiger charge is -2.24. The predicted octanol–water partition coefficient (Wildman–Crippen LogP) is 4.41. The maximum absolute atomic E-state index is 4.37. The van der Waals surface area contributed by atoms with Crippen molar-refractivity contribution in [3.63, 3.8) is 0 Å². The molecule has 4 rings (SSSR count). The number of benzene rings is 2. The van der Waals surface area contributed by atoms with Crippen molar-refractivity contribution in [3.8, 4) is 0 Å². The Morgan fingerprint density at radius 1 is 1.13 bits per heavy atom. The van der Waals surface area contributed by atoms with Gasteiger partial charge in [-0.15, -0.1) is 0 Å². The molecule has 0 unspecified atom stereocenters. The number of hydrogen-bond acceptors (Lipinski definition) is 3. The van der Waals surface area contributed by atoms with Crippen LogP contribution in [0.2, 0.25) is 0 Å². The number of allylic oxidation sites excluding steroid dienone is 1. The molecule has 1 atom stereocenters. The highest BCUT2D eigenvalue weighted by Crippen LogP contribution is 2.32. The molecule has 1 aliphatic rings. The van der Waals surface area contributed by atoms with E-state index < -0.39 is 0 Å². The summed E-state index contributed by atoms with van der Waals surface area (Å²) in [6.07, 6.45) is 3.77. The molecule has 4 nitrogen and oxygen atoms in total. The monoisotopic (exact) mass is 366 g/mol. The molecule has 0 amide bonds. The minimum absolute atomic E-state index is 0.0163. The molecule has 3 aromatic rings. The lowest BCUT2D eigenvalue weighted by molar-refractivity contribution is 0.611. The fourth-order valence-corrected chi connectivity index (χ4v) is 3.18. The number of nitrogens with one attached hydrogen (secondary N) is 1. The van der Waals surface area contributed by atoms with Gasteiger partial charge in [-0.05, 0) is 36.3 Å². The van der Waals surface area contributed by atoms with Gasteiger partial charge >= 0.3 is 0 Å². The van der Waals surface area contributed by atoms with Gasteiger partial charge in [0, 0.05) is 10.2 Å². The Labute approximate surface area is 143 Å². The van der Waals surface area contributed by atoms with Crippen molar-refractivity contribution in [2.24, 2.45) is 0 Å². The van der Waals surface area contributed by atoms with Gasteiger partial charge in [0.15, 0.2) is 0 Å². The van der Waals surface area contributed by atoms with E-state index in [9.17, 15) is 0 Å². The van der Waals surface area contributed by atoms with E-state index in [0.717, 1.165) is 27.2 Å². The summed E-state index contributed by atoms with van der Waals surface area (Å²) in [6.45, 7) is 2.09. The molecule has 5 heteroatoms. The molecule has 2 heterocycles. The fourth-order valence-electron chi connectivity index (χ4n) is 2.76. The summed E-state index contributed by atoms with van der Waals surface area (Å²) in [7, 11) is 0. The van der Waals surface area contributed by atoms with Gasteiger partial charge in [0.1, 0.15) is 12.4 Å². The van der Waals surface area contributed by atoms with E-state index in [0.29, 0.717) is 0 Å². The van der Waals surface area contributed by atoms with Gasteiger partial charge in [-0.2, -0.15) is 10.1 Å².